The normalized spacial score (nSPS) is 24.9. The summed E-state index contributed by atoms with van der Waals surface area (Å²) in [6.45, 7) is 0. The first-order valence-electron chi connectivity index (χ1n) is 5.78. The van der Waals surface area contributed by atoms with Crippen LogP contribution >= 0.6 is 27.3 Å². The molecule has 0 aliphatic heterocycles. The summed E-state index contributed by atoms with van der Waals surface area (Å²) in [5.74, 6) is 0.319. The number of rotatable bonds is 3. The molecule has 3 rings (SSSR count). The maximum Gasteiger partial charge on any atom is 0.243 e. The Bertz CT molecular complexity index is 479. The average molecular weight is 313 g/mol. The van der Waals surface area contributed by atoms with Gasteiger partial charge < -0.3 is 0 Å². The molecule has 1 heterocycles. The predicted molar refractivity (Wildman–Crippen MR) is 72.1 cm³/mol. The molecule has 3 nitrogen and oxygen atoms in total. The van der Waals surface area contributed by atoms with Gasteiger partial charge in [-0.1, -0.05) is 6.42 Å². The monoisotopic (exact) mass is 312 g/mol. The van der Waals surface area contributed by atoms with Gasteiger partial charge in [-0.15, -0.1) is 11.3 Å². The third-order valence-electron chi connectivity index (χ3n) is 3.82. The first-order chi connectivity index (χ1) is 8.20. The van der Waals surface area contributed by atoms with E-state index in [9.17, 15) is 4.79 Å². The zero-order chi connectivity index (χ0) is 11.9. The molecule has 0 bridgehead atoms. The Balaban J connectivity index is 1.51. The first-order valence-corrected chi connectivity index (χ1v) is 7.39. The zero-order valence-electron chi connectivity index (χ0n) is 9.28. The Labute approximate surface area is 112 Å². The van der Waals surface area contributed by atoms with Crippen molar-refractivity contribution in [2.45, 2.75) is 25.7 Å². The number of nitrogens with one attached hydrogen (secondary N) is 1. The number of hydrogen-bond acceptors (Lipinski definition) is 3. The highest BCUT2D eigenvalue weighted by molar-refractivity contribution is 9.11. The third-order valence-corrected chi connectivity index (χ3v) is 5.37. The summed E-state index contributed by atoms with van der Waals surface area (Å²) in [4.78, 5) is 12.8. The molecule has 1 atom stereocenters. The minimum Gasteiger partial charge on any atom is -0.273 e. The van der Waals surface area contributed by atoms with Crippen LogP contribution in [0.5, 0.6) is 0 Å². The third kappa shape index (κ3) is 2.18. The van der Waals surface area contributed by atoms with Crippen LogP contribution in [0.4, 0.5) is 0 Å². The number of nitrogens with zero attached hydrogens (tertiary/aromatic N) is 1. The lowest BCUT2D eigenvalue weighted by Crippen LogP contribution is -2.26. The Morgan fingerprint density at radius 1 is 1.59 bits per heavy atom. The summed E-state index contributed by atoms with van der Waals surface area (Å²) >= 11 is 4.98. The fourth-order valence-corrected chi connectivity index (χ4v) is 3.83. The average Bonchev–Trinajstić information content (AvgIpc) is 2.91. The molecule has 0 saturated heterocycles. The van der Waals surface area contributed by atoms with Gasteiger partial charge in [0.25, 0.3) is 0 Å². The number of carbonyl (C=O) groups is 1. The number of halogens is 1. The summed E-state index contributed by atoms with van der Waals surface area (Å²) in [6.07, 6.45) is 6.51. The van der Waals surface area contributed by atoms with Crippen LogP contribution in [0, 0.1) is 11.3 Å². The number of hydrogen-bond donors (Lipinski definition) is 1. The van der Waals surface area contributed by atoms with E-state index in [1.807, 2.05) is 12.1 Å². The molecular formula is C12H13BrN2OS. The van der Waals surface area contributed by atoms with E-state index >= 15 is 0 Å². The number of hydrazone groups is 1. The largest absolute Gasteiger partial charge is 0.273 e. The molecule has 5 heteroatoms. The van der Waals surface area contributed by atoms with Crippen LogP contribution in [0.1, 0.15) is 30.6 Å². The van der Waals surface area contributed by atoms with Crippen molar-refractivity contribution in [2.75, 3.05) is 0 Å². The van der Waals surface area contributed by atoms with Gasteiger partial charge in [0.2, 0.25) is 5.91 Å². The summed E-state index contributed by atoms with van der Waals surface area (Å²) < 4.78 is 1.07. The standard InChI is InChI=1S/C12H13BrN2OS/c13-10-3-2-8(17-10)7-14-15-11(16)9-6-12(9)4-1-5-12/h2-3,7,9H,1,4-6H2,(H,15,16)/b14-7-/t9-/m1/s1. The van der Waals surface area contributed by atoms with Crippen LogP contribution in [-0.4, -0.2) is 12.1 Å². The molecule has 2 fully saturated rings. The summed E-state index contributed by atoms with van der Waals surface area (Å²) in [7, 11) is 0. The lowest BCUT2D eigenvalue weighted by atomic mass is 9.80. The second-order valence-electron chi connectivity index (χ2n) is 4.85. The molecule has 1 spiro atoms. The smallest absolute Gasteiger partial charge is 0.243 e. The lowest BCUT2D eigenvalue weighted by molar-refractivity contribution is -0.123. The van der Waals surface area contributed by atoms with Gasteiger partial charge >= 0.3 is 0 Å². The number of thiophene rings is 1. The summed E-state index contributed by atoms with van der Waals surface area (Å²) in [5.41, 5.74) is 3.03. The van der Waals surface area contributed by atoms with Crippen molar-refractivity contribution in [3.05, 3.63) is 20.8 Å². The molecule has 1 aromatic rings. The number of amides is 1. The molecule has 2 aliphatic carbocycles. The summed E-state index contributed by atoms with van der Waals surface area (Å²) in [6, 6.07) is 3.94. The summed E-state index contributed by atoms with van der Waals surface area (Å²) in [5, 5.41) is 4.01. The van der Waals surface area contributed by atoms with E-state index in [2.05, 4.69) is 26.5 Å². The van der Waals surface area contributed by atoms with E-state index in [0.29, 0.717) is 5.41 Å². The van der Waals surface area contributed by atoms with Gasteiger partial charge in [-0.05, 0) is 52.7 Å². The van der Waals surface area contributed by atoms with Gasteiger partial charge in [-0.3, -0.25) is 4.79 Å². The van der Waals surface area contributed by atoms with Gasteiger partial charge in [0.1, 0.15) is 0 Å². The highest BCUT2D eigenvalue weighted by Gasteiger charge is 2.60. The van der Waals surface area contributed by atoms with Crippen molar-refractivity contribution in [3.8, 4) is 0 Å². The fourth-order valence-electron chi connectivity index (χ4n) is 2.54. The maximum absolute atomic E-state index is 11.8. The SMILES string of the molecule is O=C(N/N=C\c1ccc(Br)s1)[C@H]1CC12CCC2. The molecule has 0 aromatic carbocycles. The zero-order valence-corrected chi connectivity index (χ0v) is 11.7. The Morgan fingerprint density at radius 2 is 2.41 bits per heavy atom. The molecular weight excluding hydrogens is 300 g/mol. The van der Waals surface area contributed by atoms with E-state index in [1.165, 1.54) is 19.3 Å². The predicted octanol–water partition coefficient (Wildman–Crippen LogP) is 3.15. The van der Waals surface area contributed by atoms with Gasteiger partial charge in [-0.25, -0.2) is 5.43 Å². The van der Waals surface area contributed by atoms with Crippen LogP contribution in [0.3, 0.4) is 0 Å². The molecule has 1 amide bonds. The minimum atomic E-state index is 0.0940. The Kier molecular flexibility index (Phi) is 2.83. The molecule has 2 saturated carbocycles. The van der Waals surface area contributed by atoms with Crippen LogP contribution in [0.15, 0.2) is 21.0 Å². The molecule has 90 valence electrons. The van der Waals surface area contributed by atoms with Gasteiger partial charge in [0.15, 0.2) is 0 Å². The van der Waals surface area contributed by atoms with Crippen molar-refractivity contribution in [1.82, 2.24) is 5.43 Å². The van der Waals surface area contributed by atoms with Crippen molar-refractivity contribution >= 4 is 39.4 Å². The van der Waals surface area contributed by atoms with Gasteiger partial charge in [0, 0.05) is 10.8 Å². The van der Waals surface area contributed by atoms with Crippen molar-refractivity contribution < 1.29 is 4.79 Å². The van der Waals surface area contributed by atoms with Crippen molar-refractivity contribution in [3.63, 3.8) is 0 Å². The number of carbonyl (C=O) groups excluding carboxylic acids is 1. The van der Waals surface area contributed by atoms with Crippen LogP contribution in [0.25, 0.3) is 0 Å². The lowest BCUT2D eigenvalue weighted by Gasteiger charge is -2.25. The fraction of sp³-hybridized carbons (Fsp3) is 0.500. The maximum atomic E-state index is 11.8. The quantitative estimate of drug-likeness (QED) is 0.676. The highest BCUT2D eigenvalue weighted by atomic mass is 79.9. The molecule has 2 aliphatic rings. The second-order valence-corrected chi connectivity index (χ2v) is 7.34. The van der Waals surface area contributed by atoms with Crippen LogP contribution in [-0.2, 0) is 4.79 Å². The van der Waals surface area contributed by atoms with E-state index in [0.717, 1.165) is 15.1 Å². The van der Waals surface area contributed by atoms with Crippen molar-refractivity contribution in [1.29, 1.82) is 0 Å². The van der Waals surface area contributed by atoms with Gasteiger partial charge in [0.05, 0.1) is 10.0 Å². The molecule has 1 aromatic heterocycles. The highest BCUT2D eigenvalue weighted by Crippen LogP contribution is 2.65. The van der Waals surface area contributed by atoms with E-state index in [-0.39, 0.29) is 11.8 Å². The van der Waals surface area contributed by atoms with E-state index in [1.54, 1.807) is 17.6 Å². The molecule has 17 heavy (non-hydrogen) atoms. The molecule has 1 N–H and O–H groups in total. The first kappa shape index (κ1) is 11.4. The van der Waals surface area contributed by atoms with Crippen LogP contribution < -0.4 is 5.43 Å². The van der Waals surface area contributed by atoms with E-state index < -0.39 is 0 Å². The minimum absolute atomic E-state index is 0.0940. The van der Waals surface area contributed by atoms with Crippen LogP contribution in [0.2, 0.25) is 0 Å². The topological polar surface area (TPSA) is 41.5 Å². The van der Waals surface area contributed by atoms with Gasteiger partial charge in [-0.2, -0.15) is 5.10 Å². The second kappa shape index (κ2) is 4.21. The molecule has 0 radical (unpaired) electrons. The molecule has 0 unspecified atom stereocenters. The Morgan fingerprint density at radius 3 is 2.94 bits per heavy atom. The van der Waals surface area contributed by atoms with E-state index in [4.69, 9.17) is 0 Å². The Hall–Kier alpha value is -0.680. The van der Waals surface area contributed by atoms with Crippen molar-refractivity contribution in [2.24, 2.45) is 16.4 Å².